The summed E-state index contributed by atoms with van der Waals surface area (Å²) in [5.74, 6) is 1.16. The van der Waals surface area contributed by atoms with Crippen LogP contribution < -0.4 is 5.32 Å². The van der Waals surface area contributed by atoms with Crippen molar-refractivity contribution in [2.24, 2.45) is 5.92 Å². The van der Waals surface area contributed by atoms with E-state index in [0.29, 0.717) is 11.7 Å². The number of aryl methyl sites for hydroxylation is 1. The number of rotatable bonds is 6. The largest absolute Gasteiger partial charge is 0.366 e. The molecule has 106 valence electrons. The second kappa shape index (κ2) is 6.47. The lowest BCUT2D eigenvalue weighted by Crippen LogP contribution is -2.36. The summed E-state index contributed by atoms with van der Waals surface area (Å²) >= 11 is 0. The molecule has 1 heterocycles. The third-order valence-corrected chi connectivity index (χ3v) is 2.96. The molecule has 0 bridgehead atoms. The fourth-order valence-electron chi connectivity index (χ4n) is 1.80. The van der Waals surface area contributed by atoms with Gasteiger partial charge < -0.3 is 10.2 Å². The molecule has 0 saturated carbocycles. The number of nitrogens with one attached hydrogen (secondary N) is 1. The molecule has 1 N–H and O–H groups in total. The van der Waals surface area contributed by atoms with Gasteiger partial charge in [-0.2, -0.15) is 0 Å². The number of nitro groups is 1. The average molecular weight is 266 g/mol. The van der Waals surface area contributed by atoms with E-state index in [1.807, 2.05) is 21.0 Å². The van der Waals surface area contributed by atoms with E-state index >= 15 is 0 Å². The Morgan fingerprint density at radius 1 is 1.47 bits per heavy atom. The van der Waals surface area contributed by atoms with E-state index in [1.165, 1.54) is 6.20 Å². The van der Waals surface area contributed by atoms with Gasteiger partial charge in [0, 0.05) is 18.7 Å². The summed E-state index contributed by atoms with van der Waals surface area (Å²) in [6, 6.07) is 1.80. The van der Waals surface area contributed by atoms with Gasteiger partial charge in [-0.25, -0.2) is 4.98 Å². The lowest BCUT2D eigenvalue weighted by Gasteiger charge is -2.26. The summed E-state index contributed by atoms with van der Waals surface area (Å²) in [4.78, 5) is 16.5. The molecule has 1 aromatic rings. The average Bonchev–Trinajstić information content (AvgIpc) is 2.29. The summed E-state index contributed by atoms with van der Waals surface area (Å²) in [5.41, 5.74) is 0.815. The van der Waals surface area contributed by atoms with Crippen molar-refractivity contribution in [3.8, 4) is 0 Å². The van der Waals surface area contributed by atoms with Crippen LogP contribution in [0.2, 0.25) is 0 Å². The molecule has 0 aliphatic rings. The van der Waals surface area contributed by atoms with Gasteiger partial charge in [0.1, 0.15) is 12.0 Å². The minimum atomic E-state index is -0.427. The topological polar surface area (TPSA) is 71.3 Å². The molecule has 0 fully saturated rings. The van der Waals surface area contributed by atoms with E-state index in [2.05, 4.69) is 29.0 Å². The first-order chi connectivity index (χ1) is 8.81. The Bertz CT molecular complexity index is 446. The van der Waals surface area contributed by atoms with Gasteiger partial charge in [0.2, 0.25) is 0 Å². The van der Waals surface area contributed by atoms with Gasteiger partial charge >= 0.3 is 0 Å². The number of hydrogen-bond donors (Lipinski definition) is 1. The highest BCUT2D eigenvalue weighted by Crippen LogP contribution is 2.20. The van der Waals surface area contributed by atoms with Crippen LogP contribution in [0.25, 0.3) is 0 Å². The van der Waals surface area contributed by atoms with Crippen LogP contribution in [0.4, 0.5) is 11.5 Å². The molecule has 1 atom stereocenters. The van der Waals surface area contributed by atoms with Crippen molar-refractivity contribution in [2.45, 2.75) is 26.8 Å². The van der Waals surface area contributed by atoms with Crippen molar-refractivity contribution < 1.29 is 4.92 Å². The molecular formula is C13H22N4O2. The van der Waals surface area contributed by atoms with Crippen LogP contribution >= 0.6 is 0 Å². The van der Waals surface area contributed by atoms with Crippen molar-refractivity contribution >= 4 is 11.5 Å². The summed E-state index contributed by atoms with van der Waals surface area (Å²) in [6.45, 7) is 6.99. The molecule has 19 heavy (non-hydrogen) atoms. The maximum absolute atomic E-state index is 10.7. The van der Waals surface area contributed by atoms with Gasteiger partial charge in [0.05, 0.1) is 4.92 Å². The van der Waals surface area contributed by atoms with Gasteiger partial charge in [-0.1, -0.05) is 13.8 Å². The van der Waals surface area contributed by atoms with Crippen LogP contribution in [0.15, 0.2) is 12.3 Å². The van der Waals surface area contributed by atoms with Crippen LogP contribution in [0.5, 0.6) is 0 Å². The SMILES string of the molecule is Cc1cc([N+](=O)[O-])cnc1NC(CN(C)C)C(C)C. The second-order valence-corrected chi connectivity index (χ2v) is 5.37. The first-order valence-corrected chi connectivity index (χ1v) is 6.33. The minimum absolute atomic E-state index is 0.0248. The highest BCUT2D eigenvalue weighted by Gasteiger charge is 2.17. The van der Waals surface area contributed by atoms with Gasteiger partial charge in [-0.05, 0) is 32.5 Å². The van der Waals surface area contributed by atoms with E-state index in [1.54, 1.807) is 6.07 Å². The van der Waals surface area contributed by atoms with Crippen LogP contribution in [0.1, 0.15) is 19.4 Å². The highest BCUT2D eigenvalue weighted by molar-refractivity contribution is 5.48. The van der Waals surface area contributed by atoms with E-state index in [-0.39, 0.29) is 11.7 Å². The molecule has 0 amide bonds. The molecule has 1 unspecified atom stereocenters. The summed E-state index contributed by atoms with van der Waals surface area (Å²) in [6.07, 6.45) is 1.29. The molecule has 6 heteroatoms. The summed E-state index contributed by atoms with van der Waals surface area (Å²) in [5, 5.41) is 14.0. The molecule has 0 aromatic carbocycles. The fraction of sp³-hybridized carbons (Fsp3) is 0.615. The highest BCUT2D eigenvalue weighted by atomic mass is 16.6. The molecule has 6 nitrogen and oxygen atoms in total. The minimum Gasteiger partial charge on any atom is -0.366 e. The number of pyridine rings is 1. The molecule has 0 spiro atoms. The predicted octanol–water partition coefficient (Wildman–Crippen LogP) is 2.30. The zero-order valence-electron chi connectivity index (χ0n) is 12.2. The Kier molecular flexibility index (Phi) is 5.23. The van der Waals surface area contributed by atoms with Crippen LogP contribution in [-0.4, -0.2) is 41.5 Å². The first kappa shape index (κ1) is 15.4. The van der Waals surface area contributed by atoms with E-state index < -0.39 is 4.92 Å². The lowest BCUT2D eigenvalue weighted by molar-refractivity contribution is -0.385. The number of anilines is 1. The molecule has 0 aliphatic carbocycles. The molecular weight excluding hydrogens is 244 g/mol. The van der Waals surface area contributed by atoms with Crippen LogP contribution in [0.3, 0.4) is 0 Å². The fourth-order valence-corrected chi connectivity index (χ4v) is 1.80. The molecule has 1 aromatic heterocycles. The smallest absolute Gasteiger partial charge is 0.287 e. The maximum atomic E-state index is 10.7. The van der Waals surface area contributed by atoms with E-state index in [9.17, 15) is 10.1 Å². The normalized spacial score (nSPS) is 12.8. The van der Waals surface area contributed by atoms with Gasteiger partial charge in [0.15, 0.2) is 0 Å². The van der Waals surface area contributed by atoms with Crippen molar-refractivity contribution in [3.05, 3.63) is 27.9 Å². The Hall–Kier alpha value is -1.69. The predicted molar refractivity (Wildman–Crippen MR) is 76.4 cm³/mol. The monoisotopic (exact) mass is 266 g/mol. The standard InChI is InChI=1S/C13H22N4O2/c1-9(2)12(8-16(4)5)15-13-10(3)6-11(7-14-13)17(18)19/h6-7,9,12H,8H2,1-5H3,(H,14,15). The van der Waals surface area contributed by atoms with Gasteiger partial charge in [-0.15, -0.1) is 0 Å². The molecule has 1 rings (SSSR count). The van der Waals surface area contributed by atoms with E-state index in [4.69, 9.17) is 0 Å². The van der Waals surface area contributed by atoms with Gasteiger partial charge in [0.25, 0.3) is 5.69 Å². The Balaban J connectivity index is 2.88. The number of nitrogens with zero attached hydrogens (tertiary/aromatic N) is 3. The van der Waals surface area contributed by atoms with Crippen molar-refractivity contribution in [2.75, 3.05) is 26.0 Å². The second-order valence-electron chi connectivity index (χ2n) is 5.37. The molecule has 0 radical (unpaired) electrons. The number of likely N-dealkylation sites (N-methyl/N-ethyl adjacent to an activating group) is 1. The van der Waals surface area contributed by atoms with Crippen LogP contribution in [0, 0.1) is 23.0 Å². The number of hydrogen-bond acceptors (Lipinski definition) is 5. The number of aromatic nitrogens is 1. The molecule has 0 saturated heterocycles. The zero-order valence-corrected chi connectivity index (χ0v) is 12.2. The summed E-state index contributed by atoms with van der Waals surface area (Å²) < 4.78 is 0. The first-order valence-electron chi connectivity index (χ1n) is 6.33. The van der Waals surface area contributed by atoms with Crippen LogP contribution in [-0.2, 0) is 0 Å². The van der Waals surface area contributed by atoms with Gasteiger partial charge in [-0.3, -0.25) is 10.1 Å². The quantitative estimate of drug-likeness (QED) is 0.632. The Labute approximate surface area is 114 Å². The van der Waals surface area contributed by atoms with E-state index in [0.717, 1.165) is 12.1 Å². The Morgan fingerprint density at radius 2 is 2.11 bits per heavy atom. The lowest BCUT2D eigenvalue weighted by atomic mass is 10.0. The zero-order chi connectivity index (χ0) is 14.6. The van der Waals surface area contributed by atoms with Crippen molar-refractivity contribution in [1.29, 1.82) is 0 Å². The van der Waals surface area contributed by atoms with Crippen molar-refractivity contribution in [1.82, 2.24) is 9.88 Å². The third-order valence-electron chi connectivity index (χ3n) is 2.96. The van der Waals surface area contributed by atoms with Crippen molar-refractivity contribution in [3.63, 3.8) is 0 Å². The summed E-state index contributed by atoms with van der Waals surface area (Å²) in [7, 11) is 4.04. The maximum Gasteiger partial charge on any atom is 0.287 e. The molecule has 0 aliphatic heterocycles. The third kappa shape index (κ3) is 4.48. The Morgan fingerprint density at radius 3 is 2.53 bits per heavy atom.